The highest BCUT2D eigenvalue weighted by molar-refractivity contribution is 6.11. The first-order valence-electron chi connectivity index (χ1n) is 14.8. The number of alkyl halides is 6. The summed E-state index contributed by atoms with van der Waals surface area (Å²) in [7, 11) is 0. The van der Waals surface area contributed by atoms with Gasteiger partial charge in [0.2, 0.25) is 0 Å². The third-order valence-corrected chi connectivity index (χ3v) is 8.85. The average molecular weight is 667 g/mol. The Hall–Kier alpha value is -6.88. The first-order chi connectivity index (χ1) is 23.9. The largest absolute Gasteiger partial charge is 0.416 e. The molecule has 4 nitrogen and oxygen atoms in total. The van der Waals surface area contributed by atoms with Gasteiger partial charge in [-0.05, 0) is 115 Å². The van der Waals surface area contributed by atoms with E-state index in [1.54, 1.807) is 48.5 Å². The molecule has 5 aromatic carbocycles. The molecule has 0 saturated heterocycles. The van der Waals surface area contributed by atoms with Crippen LogP contribution in [0, 0.1) is 45.3 Å². The maximum absolute atomic E-state index is 13.5. The van der Waals surface area contributed by atoms with Gasteiger partial charge in [0, 0.05) is 11.1 Å². The summed E-state index contributed by atoms with van der Waals surface area (Å²) in [5.41, 5.74) is 3.98. The molecule has 2 aliphatic rings. The maximum atomic E-state index is 13.5. The Kier molecular flexibility index (Phi) is 7.21. The molecule has 2 aliphatic carbocycles. The lowest BCUT2D eigenvalue weighted by atomic mass is 9.93. The highest BCUT2D eigenvalue weighted by Crippen LogP contribution is 2.54. The molecule has 0 bridgehead atoms. The molecule has 0 radical (unpaired) electrons. The van der Waals surface area contributed by atoms with E-state index in [0.29, 0.717) is 55.6 Å². The van der Waals surface area contributed by atoms with E-state index in [9.17, 15) is 47.4 Å². The monoisotopic (exact) mass is 666 g/mol. The highest BCUT2D eigenvalue weighted by atomic mass is 19.4. The van der Waals surface area contributed by atoms with E-state index in [4.69, 9.17) is 0 Å². The lowest BCUT2D eigenvalue weighted by Gasteiger charge is -2.11. The van der Waals surface area contributed by atoms with Crippen molar-refractivity contribution in [2.24, 2.45) is 0 Å². The van der Waals surface area contributed by atoms with Crippen molar-refractivity contribution in [3.05, 3.63) is 142 Å². The van der Waals surface area contributed by atoms with Gasteiger partial charge in [-0.2, -0.15) is 47.4 Å². The molecule has 0 amide bonds. The molecule has 0 unspecified atom stereocenters. The van der Waals surface area contributed by atoms with E-state index in [2.05, 4.69) is 0 Å². The smallest absolute Gasteiger partial charge is 0.192 e. The second-order valence-corrected chi connectivity index (χ2v) is 11.6. The predicted molar refractivity (Wildman–Crippen MR) is 173 cm³/mol. The van der Waals surface area contributed by atoms with Crippen molar-refractivity contribution in [2.45, 2.75) is 12.4 Å². The predicted octanol–water partition coefficient (Wildman–Crippen LogP) is 10.7. The Balaban J connectivity index is 1.44. The fourth-order valence-electron chi connectivity index (χ4n) is 6.64. The van der Waals surface area contributed by atoms with Gasteiger partial charge in [0.1, 0.15) is 35.4 Å². The zero-order valence-electron chi connectivity index (χ0n) is 25.3. The van der Waals surface area contributed by atoms with Crippen molar-refractivity contribution in [2.75, 3.05) is 0 Å². The van der Waals surface area contributed by atoms with Gasteiger partial charge in [-0.15, -0.1) is 0 Å². The van der Waals surface area contributed by atoms with Gasteiger partial charge in [0.15, 0.2) is 0 Å². The van der Waals surface area contributed by atoms with Gasteiger partial charge in [-0.1, -0.05) is 48.5 Å². The topological polar surface area (TPSA) is 95.2 Å². The molecule has 5 aromatic rings. The van der Waals surface area contributed by atoms with Crippen LogP contribution >= 0.6 is 0 Å². The third kappa shape index (κ3) is 4.99. The Labute approximate surface area is 280 Å². The number of hydrogen-bond donors (Lipinski definition) is 0. The number of benzene rings is 5. The number of fused-ring (bicyclic) bond motifs is 6. The average Bonchev–Trinajstić information content (AvgIpc) is 3.59. The Morgan fingerprint density at radius 1 is 0.380 bits per heavy atom. The van der Waals surface area contributed by atoms with E-state index in [1.807, 2.05) is 24.3 Å². The minimum absolute atomic E-state index is 0.227. The molecule has 0 aromatic heterocycles. The van der Waals surface area contributed by atoms with Crippen LogP contribution in [-0.2, 0) is 12.4 Å². The number of allylic oxidation sites excluding steroid dienone is 2. The van der Waals surface area contributed by atoms with E-state index in [1.165, 1.54) is 24.3 Å². The minimum Gasteiger partial charge on any atom is -0.192 e. The second kappa shape index (κ2) is 11.4. The fourth-order valence-corrected chi connectivity index (χ4v) is 6.64. The van der Waals surface area contributed by atoms with Crippen LogP contribution in [0.2, 0.25) is 0 Å². The number of nitriles is 4. The molecule has 7 rings (SSSR count). The van der Waals surface area contributed by atoms with Gasteiger partial charge in [-0.25, -0.2) is 0 Å². The van der Waals surface area contributed by atoms with Crippen LogP contribution in [-0.4, -0.2) is 0 Å². The molecule has 238 valence electrons. The number of halogens is 6. The molecule has 0 heterocycles. The molecule has 0 aliphatic heterocycles. The highest BCUT2D eigenvalue weighted by Gasteiger charge is 2.35. The van der Waals surface area contributed by atoms with Crippen LogP contribution in [0.15, 0.2) is 108 Å². The molecular formula is C40H16F6N4. The summed E-state index contributed by atoms with van der Waals surface area (Å²) in [5.74, 6) is 0. The van der Waals surface area contributed by atoms with Gasteiger partial charge < -0.3 is 0 Å². The van der Waals surface area contributed by atoms with Crippen molar-refractivity contribution >= 4 is 11.1 Å². The van der Waals surface area contributed by atoms with Crippen molar-refractivity contribution in [3.63, 3.8) is 0 Å². The van der Waals surface area contributed by atoms with E-state index < -0.39 is 23.5 Å². The summed E-state index contributed by atoms with van der Waals surface area (Å²) in [6.45, 7) is 0. The summed E-state index contributed by atoms with van der Waals surface area (Å²) in [4.78, 5) is 0. The second-order valence-electron chi connectivity index (χ2n) is 11.6. The third-order valence-electron chi connectivity index (χ3n) is 8.85. The van der Waals surface area contributed by atoms with Crippen LogP contribution in [0.25, 0.3) is 55.7 Å². The van der Waals surface area contributed by atoms with Crippen LogP contribution < -0.4 is 0 Å². The van der Waals surface area contributed by atoms with Crippen LogP contribution in [0.3, 0.4) is 0 Å². The lowest BCUT2D eigenvalue weighted by Crippen LogP contribution is -2.04. The van der Waals surface area contributed by atoms with Gasteiger partial charge in [-0.3, -0.25) is 0 Å². The summed E-state index contributed by atoms with van der Waals surface area (Å²) in [5, 5.41) is 39.9. The standard InChI is InChI=1S/C40H16F6N4/c41-39(42,43)27-5-1-3-21(11-27)23-7-9-29-31-15-36-32(16-35(31)37(33(29)13-23)25(17-47)18-48)30-10-8-24(14-34(30)38(36)26(19-49)20-50)22-4-2-6-28(12-22)40(44,45)46/h1-16H. The van der Waals surface area contributed by atoms with Crippen molar-refractivity contribution in [3.8, 4) is 68.8 Å². The number of hydrogen-bond acceptors (Lipinski definition) is 4. The quantitative estimate of drug-likeness (QED) is 0.136. The molecule has 50 heavy (non-hydrogen) atoms. The number of rotatable bonds is 2. The lowest BCUT2D eigenvalue weighted by molar-refractivity contribution is -0.138. The number of nitrogens with zero attached hydrogens (tertiary/aromatic N) is 4. The van der Waals surface area contributed by atoms with Crippen LogP contribution in [0.1, 0.15) is 33.4 Å². The van der Waals surface area contributed by atoms with Crippen LogP contribution in [0.5, 0.6) is 0 Å². The molecular weight excluding hydrogens is 650 g/mol. The van der Waals surface area contributed by atoms with Crippen molar-refractivity contribution in [1.29, 1.82) is 21.0 Å². The summed E-state index contributed by atoms with van der Waals surface area (Å²) in [6, 6.07) is 30.7. The summed E-state index contributed by atoms with van der Waals surface area (Å²) in [6.07, 6.45) is -9.13. The Bertz CT molecular complexity index is 2350. The summed E-state index contributed by atoms with van der Waals surface area (Å²) < 4.78 is 81.0. The normalized spacial score (nSPS) is 12.4. The Morgan fingerprint density at radius 3 is 1.06 bits per heavy atom. The van der Waals surface area contributed by atoms with E-state index in [0.717, 1.165) is 24.3 Å². The van der Waals surface area contributed by atoms with Gasteiger partial charge >= 0.3 is 12.4 Å². The molecule has 0 saturated carbocycles. The molecule has 10 heteroatoms. The van der Waals surface area contributed by atoms with Gasteiger partial charge in [0.25, 0.3) is 0 Å². The SMILES string of the molecule is N#CC(C#N)=C1c2cc(-c3cccc(C(F)(F)F)c3)ccc2-c2cc3c(cc21)-c1ccc(-c2cccc(C(F)(F)F)c2)cc1C3=C(C#N)C#N. The van der Waals surface area contributed by atoms with Crippen molar-refractivity contribution in [1.82, 2.24) is 0 Å². The first-order valence-corrected chi connectivity index (χ1v) is 14.8. The first kappa shape index (κ1) is 31.7. The summed E-state index contributed by atoms with van der Waals surface area (Å²) >= 11 is 0. The molecule has 0 fully saturated rings. The molecule has 0 spiro atoms. The minimum atomic E-state index is -4.57. The molecule has 0 atom stereocenters. The zero-order chi connectivity index (χ0) is 35.5. The molecule has 0 N–H and O–H groups in total. The maximum Gasteiger partial charge on any atom is 0.416 e. The van der Waals surface area contributed by atoms with Crippen LogP contribution in [0.4, 0.5) is 26.3 Å². The zero-order valence-corrected chi connectivity index (χ0v) is 25.3. The van der Waals surface area contributed by atoms with E-state index in [-0.39, 0.29) is 33.4 Å². The Morgan fingerprint density at radius 2 is 0.720 bits per heavy atom. The fraction of sp³-hybridized carbons (Fsp3) is 0.0500. The van der Waals surface area contributed by atoms with Gasteiger partial charge in [0.05, 0.1) is 11.1 Å². The van der Waals surface area contributed by atoms with Crippen molar-refractivity contribution < 1.29 is 26.3 Å². The van der Waals surface area contributed by atoms with E-state index >= 15 is 0 Å².